The third-order valence-corrected chi connectivity index (χ3v) is 9.84. The summed E-state index contributed by atoms with van der Waals surface area (Å²) in [6, 6.07) is 44.7. The Morgan fingerprint density at radius 2 is 1.18 bits per heavy atom. The first-order valence-corrected chi connectivity index (χ1v) is 15.4. The second-order valence-electron chi connectivity index (χ2n) is 11.2. The lowest BCUT2D eigenvalue weighted by Gasteiger charge is -2.24. The molecule has 0 bridgehead atoms. The van der Waals surface area contributed by atoms with Gasteiger partial charge < -0.3 is 8.83 Å². The van der Waals surface area contributed by atoms with E-state index < -0.39 is 0 Å². The normalized spacial score (nSPS) is 12.1. The smallest absolute Gasteiger partial charge is 0.153 e. The van der Waals surface area contributed by atoms with Crippen LogP contribution in [-0.2, 0) is 0 Å². The fraction of sp³-hybridized carbons (Fsp3) is 0. The second kappa shape index (κ2) is 8.93. The van der Waals surface area contributed by atoms with Crippen LogP contribution in [0.1, 0.15) is 0 Å². The van der Waals surface area contributed by atoms with Gasteiger partial charge in [-0.25, -0.2) is 4.98 Å². The summed E-state index contributed by atoms with van der Waals surface area (Å²) in [5.41, 5.74) is 5.39. The molecule has 0 aliphatic carbocycles. The van der Waals surface area contributed by atoms with E-state index in [4.69, 9.17) is 13.8 Å². The number of thiophene rings is 1. The van der Waals surface area contributed by atoms with Gasteiger partial charge >= 0.3 is 0 Å². The van der Waals surface area contributed by atoms with Gasteiger partial charge in [-0.05, 0) is 53.9 Å². The zero-order valence-corrected chi connectivity index (χ0v) is 24.1. The molecular formula is C39H22N2O2S. The van der Waals surface area contributed by atoms with E-state index in [9.17, 15) is 0 Å². The molecule has 4 nitrogen and oxygen atoms in total. The molecule has 0 radical (unpaired) electrons. The number of benzene rings is 6. The average molecular weight is 583 g/mol. The van der Waals surface area contributed by atoms with Gasteiger partial charge in [0.15, 0.2) is 5.58 Å². The number of anilines is 3. The summed E-state index contributed by atoms with van der Waals surface area (Å²) in [5, 5.41) is 9.13. The number of fused-ring (bicyclic) bond motifs is 11. The van der Waals surface area contributed by atoms with Crippen LogP contribution < -0.4 is 4.90 Å². The van der Waals surface area contributed by atoms with Crippen LogP contribution in [0.5, 0.6) is 0 Å². The van der Waals surface area contributed by atoms with Crippen molar-refractivity contribution in [1.82, 2.24) is 4.98 Å². The summed E-state index contributed by atoms with van der Waals surface area (Å²) in [6.07, 6.45) is 1.85. The zero-order valence-electron chi connectivity index (χ0n) is 23.3. The molecule has 0 spiro atoms. The van der Waals surface area contributed by atoms with Crippen molar-refractivity contribution in [1.29, 1.82) is 0 Å². The Kier molecular flexibility index (Phi) is 4.84. The lowest BCUT2D eigenvalue weighted by Crippen LogP contribution is -2.11. The lowest BCUT2D eigenvalue weighted by atomic mass is 10.1. The molecule has 5 heteroatoms. The second-order valence-corrected chi connectivity index (χ2v) is 12.3. The minimum absolute atomic E-state index is 0.771. The van der Waals surface area contributed by atoms with E-state index in [-0.39, 0.29) is 0 Å². The van der Waals surface area contributed by atoms with Crippen molar-refractivity contribution < 1.29 is 8.83 Å². The summed E-state index contributed by atoms with van der Waals surface area (Å²) in [4.78, 5) is 7.20. The van der Waals surface area contributed by atoms with Crippen LogP contribution in [0.4, 0.5) is 17.2 Å². The first-order valence-electron chi connectivity index (χ1n) is 14.6. The molecule has 0 saturated heterocycles. The number of para-hydroxylation sites is 1. The van der Waals surface area contributed by atoms with Gasteiger partial charge in [-0.1, -0.05) is 72.8 Å². The quantitative estimate of drug-likeness (QED) is 0.208. The van der Waals surface area contributed by atoms with Gasteiger partial charge in [-0.2, -0.15) is 0 Å². The molecule has 4 aromatic heterocycles. The highest BCUT2D eigenvalue weighted by molar-refractivity contribution is 7.25. The van der Waals surface area contributed by atoms with Crippen LogP contribution in [0.25, 0.3) is 74.8 Å². The van der Waals surface area contributed by atoms with E-state index in [1.165, 1.54) is 20.2 Å². The van der Waals surface area contributed by atoms with Crippen LogP contribution in [0, 0.1) is 0 Å². The number of pyridine rings is 1. The molecule has 4 heterocycles. The van der Waals surface area contributed by atoms with E-state index in [2.05, 4.69) is 120 Å². The summed E-state index contributed by atoms with van der Waals surface area (Å²) < 4.78 is 15.2. The highest BCUT2D eigenvalue weighted by Gasteiger charge is 2.20. The minimum atomic E-state index is 0.771. The average Bonchev–Trinajstić information content (AvgIpc) is 3.75. The van der Waals surface area contributed by atoms with E-state index in [1.807, 2.05) is 29.7 Å². The van der Waals surface area contributed by atoms with Crippen LogP contribution in [0.15, 0.2) is 142 Å². The molecule has 0 aliphatic rings. The Labute approximate surface area is 255 Å². The van der Waals surface area contributed by atoms with Crippen molar-refractivity contribution in [3.63, 3.8) is 0 Å². The van der Waals surface area contributed by atoms with Crippen LogP contribution in [0.3, 0.4) is 0 Å². The molecule has 0 aliphatic heterocycles. The lowest BCUT2D eigenvalue weighted by molar-refractivity contribution is 0.668. The standard InChI is InChI=1S/C39H22N2O2S/c1-2-8-26-23(7-1)13-16-31-32-21-38(40-22-35(32)43-39(26)31)41(24-14-17-28-27-9-3-5-11-33(27)42-34(28)19-24)25-15-18-30-29-10-4-6-12-36(29)44-37(30)20-25/h1-22H. The van der Waals surface area contributed by atoms with Gasteiger partial charge in [0.05, 0.1) is 11.9 Å². The Bertz CT molecular complexity index is 2640. The number of hydrogen-bond donors (Lipinski definition) is 0. The number of furan rings is 2. The van der Waals surface area contributed by atoms with Crippen molar-refractivity contribution >= 4 is 103 Å². The van der Waals surface area contributed by atoms with Gasteiger partial charge in [0.1, 0.15) is 22.6 Å². The van der Waals surface area contributed by atoms with Crippen LogP contribution in [0.2, 0.25) is 0 Å². The molecule has 0 amide bonds. The SMILES string of the molecule is c1ccc2c(c1)ccc1c3cc(N(c4ccc5c(c4)oc4ccccc45)c4ccc5c(c4)sc4ccccc45)ncc3oc21. The first-order chi connectivity index (χ1) is 21.8. The van der Waals surface area contributed by atoms with Gasteiger partial charge in [0.2, 0.25) is 0 Å². The number of nitrogens with zero attached hydrogens (tertiary/aromatic N) is 2. The molecule has 0 N–H and O–H groups in total. The van der Waals surface area contributed by atoms with Crippen molar-refractivity contribution in [2.45, 2.75) is 0 Å². The molecule has 0 unspecified atom stereocenters. The number of rotatable bonds is 3. The molecule has 10 aromatic rings. The number of aromatic nitrogens is 1. The fourth-order valence-electron chi connectivity index (χ4n) is 6.64. The molecule has 0 saturated carbocycles. The minimum Gasteiger partial charge on any atom is -0.456 e. The topological polar surface area (TPSA) is 42.4 Å². The van der Waals surface area contributed by atoms with E-state index in [0.717, 1.165) is 71.8 Å². The van der Waals surface area contributed by atoms with Crippen molar-refractivity contribution in [2.24, 2.45) is 0 Å². The first kappa shape index (κ1) is 23.9. The van der Waals surface area contributed by atoms with E-state index >= 15 is 0 Å². The predicted octanol–water partition coefficient (Wildman–Crippen LogP) is 11.9. The Hall–Kier alpha value is -5.65. The molecule has 10 rings (SSSR count). The van der Waals surface area contributed by atoms with Gasteiger partial charge in [-0.15, -0.1) is 11.3 Å². The molecule has 0 atom stereocenters. The van der Waals surface area contributed by atoms with E-state index in [0.29, 0.717) is 0 Å². The third-order valence-electron chi connectivity index (χ3n) is 8.70. The maximum atomic E-state index is 6.40. The number of hydrogen-bond acceptors (Lipinski definition) is 5. The van der Waals surface area contributed by atoms with Gasteiger partial charge in [0.25, 0.3) is 0 Å². The maximum Gasteiger partial charge on any atom is 0.153 e. The van der Waals surface area contributed by atoms with Crippen molar-refractivity contribution in [3.05, 3.63) is 134 Å². The summed E-state index contributed by atoms with van der Waals surface area (Å²) in [7, 11) is 0. The molecule has 0 fully saturated rings. The van der Waals surface area contributed by atoms with Crippen molar-refractivity contribution in [3.8, 4) is 0 Å². The van der Waals surface area contributed by atoms with Gasteiger partial charge in [0, 0.05) is 58.9 Å². The fourth-order valence-corrected chi connectivity index (χ4v) is 7.78. The molecule has 44 heavy (non-hydrogen) atoms. The largest absolute Gasteiger partial charge is 0.456 e. The molecule has 206 valence electrons. The van der Waals surface area contributed by atoms with Crippen LogP contribution in [-0.4, -0.2) is 4.98 Å². The maximum absolute atomic E-state index is 6.40. The predicted molar refractivity (Wildman–Crippen MR) is 184 cm³/mol. The Morgan fingerprint density at radius 1 is 0.477 bits per heavy atom. The van der Waals surface area contributed by atoms with Crippen molar-refractivity contribution in [2.75, 3.05) is 4.90 Å². The summed E-state index contributed by atoms with van der Waals surface area (Å²) in [6.45, 7) is 0. The Balaban J connectivity index is 1.22. The van der Waals surface area contributed by atoms with Crippen LogP contribution >= 0.6 is 11.3 Å². The zero-order chi connectivity index (χ0) is 28.8. The van der Waals surface area contributed by atoms with Gasteiger partial charge in [-0.3, -0.25) is 4.90 Å². The highest BCUT2D eigenvalue weighted by atomic mass is 32.1. The monoisotopic (exact) mass is 582 g/mol. The summed E-state index contributed by atoms with van der Waals surface area (Å²) >= 11 is 1.82. The Morgan fingerprint density at radius 3 is 2.11 bits per heavy atom. The third kappa shape index (κ3) is 3.41. The molecule has 6 aromatic carbocycles. The van der Waals surface area contributed by atoms with E-state index in [1.54, 1.807) is 0 Å². The highest BCUT2D eigenvalue weighted by Crippen LogP contribution is 2.43. The molecular weight excluding hydrogens is 561 g/mol. The summed E-state index contributed by atoms with van der Waals surface area (Å²) in [5.74, 6) is 0.810.